The van der Waals surface area contributed by atoms with Crippen molar-refractivity contribution >= 4 is 29.4 Å². The predicted molar refractivity (Wildman–Crippen MR) is 107 cm³/mol. The van der Waals surface area contributed by atoms with Gasteiger partial charge in [-0.3, -0.25) is 4.79 Å². The van der Waals surface area contributed by atoms with E-state index in [9.17, 15) is 14.0 Å². The summed E-state index contributed by atoms with van der Waals surface area (Å²) in [6.07, 6.45) is 2.49. The molecule has 3 aliphatic rings. The standard InChI is InChI=1S/C20H22FN7O2/c21-13-8-23-19-25-11-3-1-2-9(4-11)7-24-20(30)26-14-6-10-5-12(14)16(15(10)17(22)29)27-18(13)28-19/h1-4,8,10,12,14-16H,5-7H2,(H2,22,29)(H2,24,26,30)(H2,23,25,27,28)/t10-,12+,14+,15-,16+/m0/s1. The van der Waals surface area contributed by atoms with Gasteiger partial charge in [-0.15, -0.1) is 0 Å². The summed E-state index contributed by atoms with van der Waals surface area (Å²) >= 11 is 0. The SMILES string of the molecule is NC(=O)[C@H]1[C@H]2C[C@H]3[C@H]1Nc1nc(ncc1F)Nc1cccc(c1)CNC(=O)N[C@@H]3C2. The number of carbonyl (C=O) groups is 2. The van der Waals surface area contributed by atoms with Crippen LogP contribution in [-0.4, -0.2) is 34.0 Å². The number of halogens is 1. The van der Waals surface area contributed by atoms with Crippen LogP contribution in [0.15, 0.2) is 30.5 Å². The lowest BCUT2D eigenvalue weighted by atomic mass is 9.81. The van der Waals surface area contributed by atoms with Crippen LogP contribution < -0.4 is 27.0 Å². The zero-order valence-electron chi connectivity index (χ0n) is 16.1. The lowest BCUT2D eigenvalue weighted by Crippen LogP contribution is -2.53. The van der Waals surface area contributed by atoms with Crippen molar-refractivity contribution in [1.29, 1.82) is 0 Å². The number of benzene rings is 1. The number of anilines is 3. The van der Waals surface area contributed by atoms with E-state index in [1.165, 1.54) is 0 Å². The molecule has 2 heterocycles. The van der Waals surface area contributed by atoms with Gasteiger partial charge >= 0.3 is 6.03 Å². The van der Waals surface area contributed by atoms with Gasteiger partial charge in [-0.05, 0) is 36.5 Å². The number of amides is 3. The van der Waals surface area contributed by atoms with Gasteiger partial charge in [-0.2, -0.15) is 4.98 Å². The Labute approximate surface area is 172 Å². The van der Waals surface area contributed by atoms with Crippen LogP contribution >= 0.6 is 0 Å². The Hall–Kier alpha value is -3.43. The Balaban J connectivity index is 1.53. The van der Waals surface area contributed by atoms with Crippen LogP contribution in [0, 0.1) is 23.6 Å². The zero-order valence-corrected chi connectivity index (χ0v) is 16.1. The molecule has 6 bridgehead atoms. The Bertz CT molecular complexity index is 1020. The summed E-state index contributed by atoms with van der Waals surface area (Å²) in [5.41, 5.74) is 7.27. The minimum atomic E-state index is -0.619. The van der Waals surface area contributed by atoms with E-state index in [0.29, 0.717) is 18.7 Å². The molecule has 1 aliphatic heterocycles. The normalized spacial score (nSPS) is 29.5. The number of hydrogen-bond donors (Lipinski definition) is 5. The van der Waals surface area contributed by atoms with Crippen LogP contribution in [-0.2, 0) is 11.3 Å². The highest BCUT2D eigenvalue weighted by Gasteiger charge is 2.55. The molecular formula is C20H22FN7O2. The predicted octanol–water partition coefficient (Wildman–Crippen LogP) is 1.46. The second kappa shape index (κ2) is 7.12. The van der Waals surface area contributed by atoms with Gasteiger partial charge in [-0.25, -0.2) is 14.2 Å². The van der Waals surface area contributed by atoms with Crippen molar-refractivity contribution in [3.05, 3.63) is 41.8 Å². The van der Waals surface area contributed by atoms with Crippen molar-refractivity contribution < 1.29 is 14.0 Å². The van der Waals surface area contributed by atoms with E-state index in [2.05, 4.69) is 31.2 Å². The molecule has 0 saturated heterocycles. The first-order chi connectivity index (χ1) is 14.5. The molecule has 3 amide bonds. The summed E-state index contributed by atoms with van der Waals surface area (Å²) in [6, 6.07) is 6.59. The second-order valence-electron chi connectivity index (χ2n) is 8.14. The molecular weight excluding hydrogens is 389 g/mol. The van der Waals surface area contributed by atoms with Crippen molar-refractivity contribution in [3.8, 4) is 0 Å². The number of aromatic nitrogens is 2. The third-order valence-corrected chi connectivity index (χ3v) is 6.33. The summed E-state index contributed by atoms with van der Waals surface area (Å²) in [7, 11) is 0. The van der Waals surface area contributed by atoms with Crippen molar-refractivity contribution in [2.45, 2.75) is 31.5 Å². The van der Waals surface area contributed by atoms with E-state index < -0.39 is 23.7 Å². The third-order valence-electron chi connectivity index (χ3n) is 6.33. The van der Waals surface area contributed by atoms with E-state index in [1.807, 2.05) is 24.3 Å². The molecule has 2 aliphatic carbocycles. The van der Waals surface area contributed by atoms with E-state index in [4.69, 9.17) is 5.73 Å². The highest BCUT2D eigenvalue weighted by atomic mass is 19.1. The van der Waals surface area contributed by atoms with Crippen LogP contribution in [0.1, 0.15) is 18.4 Å². The maximum Gasteiger partial charge on any atom is 0.315 e. The minimum absolute atomic E-state index is 0.00512. The molecule has 2 fully saturated rings. The van der Waals surface area contributed by atoms with Crippen molar-refractivity contribution in [1.82, 2.24) is 20.6 Å². The topological polar surface area (TPSA) is 134 Å². The molecule has 10 heteroatoms. The molecule has 2 aromatic rings. The summed E-state index contributed by atoms with van der Waals surface area (Å²) in [4.78, 5) is 32.9. The average Bonchev–Trinajstić information content (AvgIpc) is 3.26. The molecule has 2 saturated carbocycles. The summed E-state index contributed by atoms with van der Waals surface area (Å²) in [5, 5.41) is 12.0. The first kappa shape index (κ1) is 18.6. The molecule has 0 radical (unpaired) electrons. The molecule has 5 rings (SSSR count). The average molecular weight is 411 g/mol. The smallest absolute Gasteiger partial charge is 0.315 e. The van der Waals surface area contributed by atoms with Gasteiger partial charge < -0.3 is 27.0 Å². The van der Waals surface area contributed by atoms with Gasteiger partial charge in [0, 0.05) is 30.2 Å². The van der Waals surface area contributed by atoms with Crippen LogP contribution in [0.5, 0.6) is 0 Å². The number of primary amides is 1. The van der Waals surface area contributed by atoms with Crippen LogP contribution in [0.2, 0.25) is 0 Å². The van der Waals surface area contributed by atoms with Crippen LogP contribution in [0.25, 0.3) is 0 Å². The lowest BCUT2D eigenvalue weighted by molar-refractivity contribution is -0.123. The second-order valence-corrected chi connectivity index (χ2v) is 8.14. The molecule has 30 heavy (non-hydrogen) atoms. The van der Waals surface area contributed by atoms with E-state index in [0.717, 1.165) is 18.2 Å². The van der Waals surface area contributed by atoms with Gasteiger partial charge in [0.2, 0.25) is 11.9 Å². The maximum absolute atomic E-state index is 14.5. The van der Waals surface area contributed by atoms with E-state index >= 15 is 0 Å². The molecule has 9 nitrogen and oxygen atoms in total. The molecule has 1 aromatic heterocycles. The molecule has 0 spiro atoms. The fraction of sp³-hybridized carbons (Fsp3) is 0.400. The first-order valence-electron chi connectivity index (χ1n) is 9.96. The molecule has 0 unspecified atom stereocenters. The number of nitrogens with two attached hydrogens (primary N) is 1. The number of rotatable bonds is 1. The number of nitrogens with zero attached hydrogens (tertiary/aromatic N) is 2. The van der Waals surface area contributed by atoms with Gasteiger partial charge in [0.25, 0.3) is 0 Å². The van der Waals surface area contributed by atoms with Gasteiger partial charge in [-0.1, -0.05) is 12.1 Å². The van der Waals surface area contributed by atoms with E-state index in [-0.39, 0.29) is 35.7 Å². The Morgan fingerprint density at radius 2 is 2.10 bits per heavy atom. The van der Waals surface area contributed by atoms with Crippen molar-refractivity contribution in [2.24, 2.45) is 23.5 Å². The van der Waals surface area contributed by atoms with Crippen LogP contribution in [0.4, 0.5) is 26.6 Å². The van der Waals surface area contributed by atoms with Gasteiger partial charge in [0.15, 0.2) is 11.6 Å². The number of nitrogens with one attached hydrogen (secondary N) is 4. The zero-order chi connectivity index (χ0) is 20.8. The first-order valence-corrected chi connectivity index (χ1v) is 9.96. The van der Waals surface area contributed by atoms with Gasteiger partial charge in [0.1, 0.15) is 0 Å². The Morgan fingerprint density at radius 1 is 1.23 bits per heavy atom. The highest BCUT2D eigenvalue weighted by Crippen LogP contribution is 2.49. The van der Waals surface area contributed by atoms with E-state index in [1.54, 1.807) is 0 Å². The molecule has 156 valence electrons. The number of hydrogen-bond acceptors (Lipinski definition) is 6. The monoisotopic (exact) mass is 411 g/mol. The fourth-order valence-corrected chi connectivity index (χ4v) is 5.11. The van der Waals surface area contributed by atoms with Gasteiger partial charge in [0.05, 0.1) is 12.1 Å². The third kappa shape index (κ3) is 3.27. The Kier molecular flexibility index (Phi) is 4.41. The maximum atomic E-state index is 14.5. The molecule has 6 N–H and O–H groups in total. The Morgan fingerprint density at radius 3 is 2.93 bits per heavy atom. The molecule has 5 atom stereocenters. The van der Waals surface area contributed by atoms with Crippen molar-refractivity contribution in [2.75, 3.05) is 10.6 Å². The largest absolute Gasteiger partial charge is 0.369 e. The summed E-state index contributed by atoms with van der Waals surface area (Å²) < 4.78 is 14.5. The number of urea groups is 1. The lowest BCUT2D eigenvalue weighted by Gasteiger charge is -2.35. The van der Waals surface area contributed by atoms with Crippen molar-refractivity contribution in [3.63, 3.8) is 0 Å². The minimum Gasteiger partial charge on any atom is -0.369 e. The summed E-state index contributed by atoms with van der Waals surface area (Å²) in [6.45, 7) is 0.350. The summed E-state index contributed by atoms with van der Waals surface area (Å²) in [5.74, 6) is -1.29. The fourth-order valence-electron chi connectivity index (χ4n) is 5.11. The number of fused-ring (bicyclic) bond motifs is 5. The highest BCUT2D eigenvalue weighted by molar-refractivity contribution is 5.80. The van der Waals surface area contributed by atoms with Crippen LogP contribution in [0.3, 0.4) is 0 Å². The number of carbonyl (C=O) groups excluding carboxylic acids is 2. The molecule has 1 aromatic carbocycles. The quantitative estimate of drug-likeness (QED) is 0.482.